The Labute approximate surface area is 463 Å². The van der Waals surface area contributed by atoms with Gasteiger partial charge in [-0.25, -0.2) is 14.4 Å². The first-order chi connectivity index (χ1) is 38.4. The summed E-state index contributed by atoms with van der Waals surface area (Å²) in [7, 11) is 1.30. The van der Waals surface area contributed by atoms with Gasteiger partial charge < -0.3 is 57.2 Å². The van der Waals surface area contributed by atoms with Gasteiger partial charge in [0.25, 0.3) is 0 Å². The molecule has 0 radical (unpaired) electrons. The third-order valence-electron chi connectivity index (χ3n) is 16.7. The van der Waals surface area contributed by atoms with Crippen molar-refractivity contribution in [2.75, 3.05) is 46.4 Å². The molecule has 0 saturated carbocycles. The average Bonchev–Trinajstić information content (AvgIpc) is 4.45. The Morgan fingerprint density at radius 1 is 0.557 bits per heavy atom. The summed E-state index contributed by atoms with van der Waals surface area (Å²) in [5.41, 5.74) is 20.3. The van der Waals surface area contributed by atoms with Crippen molar-refractivity contribution in [2.45, 2.75) is 119 Å². The number of rotatable bonds is 19. The highest BCUT2D eigenvalue weighted by molar-refractivity contribution is 5.92. The quantitative estimate of drug-likeness (QED) is 0.0291. The summed E-state index contributed by atoms with van der Waals surface area (Å²) in [6, 6.07) is 30.0. The molecule has 16 heteroatoms. The van der Waals surface area contributed by atoms with E-state index in [4.69, 9.17) is 16.2 Å². The fourth-order valence-electron chi connectivity index (χ4n) is 12.1. The summed E-state index contributed by atoms with van der Waals surface area (Å²) < 4.78 is 4.94. The Kier molecular flexibility index (Phi) is 18.3. The Morgan fingerprint density at radius 2 is 0.987 bits per heavy atom. The van der Waals surface area contributed by atoms with E-state index >= 15 is 0 Å². The van der Waals surface area contributed by atoms with Crippen molar-refractivity contribution in [3.63, 3.8) is 0 Å². The van der Waals surface area contributed by atoms with Crippen LogP contribution in [-0.2, 0) is 42.8 Å². The molecule has 2 fully saturated rings. The maximum absolute atomic E-state index is 13.6. The van der Waals surface area contributed by atoms with Gasteiger partial charge in [0.15, 0.2) is 0 Å². The second kappa shape index (κ2) is 25.8. The van der Waals surface area contributed by atoms with Crippen molar-refractivity contribution in [1.82, 2.24) is 41.0 Å². The molecule has 416 valence electrons. The van der Waals surface area contributed by atoms with E-state index in [-0.39, 0.29) is 41.3 Å². The molecular weight excluding hydrogens is 993 g/mol. The Morgan fingerprint density at radius 3 is 1.46 bits per heavy atom. The van der Waals surface area contributed by atoms with E-state index in [0.717, 1.165) is 84.3 Å². The van der Waals surface area contributed by atoms with Crippen molar-refractivity contribution >= 4 is 63.8 Å². The van der Waals surface area contributed by atoms with Crippen molar-refractivity contribution in [2.24, 2.45) is 11.5 Å². The molecule has 2 aliphatic carbocycles. The molecule has 4 atom stereocenters. The van der Waals surface area contributed by atoms with Gasteiger partial charge in [-0.2, -0.15) is 0 Å². The van der Waals surface area contributed by atoms with Gasteiger partial charge in [-0.3, -0.25) is 9.59 Å². The van der Waals surface area contributed by atoms with Crippen LogP contribution < -0.4 is 32.7 Å². The number of carbonyl (C=O) groups is 5. The number of ether oxygens (including phenoxy) is 1. The number of amides is 6. The zero-order chi connectivity index (χ0) is 55.4. The molecule has 16 nitrogen and oxygen atoms in total. The van der Waals surface area contributed by atoms with Crippen LogP contribution in [0.15, 0.2) is 122 Å². The summed E-state index contributed by atoms with van der Waals surface area (Å²) in [6.07, 6.45) is 21.4. The van der Waals surface area contributed by atoms with Crippen LogP contribution >= 0.6 is 0 Å². The van der Waals surface area contributed by atoms with E-state index in [0.29, 0.717) is 58.5 Å². The Balaban J connectivity index is 0.000000192. The van der Waals surface area contributed by atoms with Crippen molar-refractivity contribution in [3.8, 4) is 0 Å². The van der Waals surface area contributed by atoms with E-state index in [1.165, 1.54) is 29.4 Å². The van der Waals surface area contributed by atoms with Crippen LogP contribution in [0.25, 0.3) is 34.0 Å². The molecule has 10 N–H and O–H groups in total. The number of nitrogens with two attached hydrogens (primary N) is 2. The van der Waals surface area contributed by atoms with E-state index < -0.39 is 30.0 Å². The second-order valence-electron chi connectivity index (χ2n) is 21.8. The normalized spacial score (nSPS) is 17.1. The molecule has 2 aliphatic heterocycles. The van der Waals surface area contributed by atoms with Gasteiger partial charge in [0, 0.05) is 90.1 Å². The number of H-pyrrole nitrogens is 2. The van der Waals surface area contributed by atoms with E-state index in [1.54, 1.807) is 4.90 Å². The van der Waals surface area contributed by atoms with Crippen LogP contribution in [0.4, 0.5) is 9.59 Å². The number of fused-ring (bicyclic) bond motifs is 6. The highest BCUT2D eigenvalue weighted by atomic mass is 16.5. The molecule has 1 unspecified atom stereocenters. The number of hydrogen-bond acceptors (Lipinski definition) is 8. The molecule has 0 bridgehead atoms. The summed E-state index contributed by atoms with van der Waals surface area (Å²) in [4.78, 5) is 76.7. The number of hydrogen-bond donors (Lipinski definition) is 8. The molecule has 4 aromatic carbocycles. The number of carbonyl (C=O) groups excluding carboxylic acids is 5. The number of unbranched alkanes of at least 4 members (excludes halogenated alkanes) is 2. The fourth-order valence-corrected chi connectivity index (χ4v) is 12.1. The summed E-state index contributed by atoms with van der Waals surface area (Å²) >= 11 is 0. The van der Waals surface area contributed by atoms with Crippen LogP contribution in [0, 0.1) is 0 Å². The van der Waals surface area contributed by atoms with Crippen molar-refractivity contribution < 1.29 is 28.7 Å². The third kappa shape index (κ3) is 13.1. The average molecular weight is 1070 g/mol. The molecular formula is C63H78N10O6. The topological polar surface area (TPSA) is 233 Å². The number of benzene rings is 4. The van der Waals surface area contributed by atoms with Crippen LogP contribution in [0.1, 0.15) is 105 Å². The van der Waals surface area contributed by atoms with Crippen LogP contribution in [0.5, 0.6) is 0 Å². The van der Waals surface area contributed by atoms with Crippen LogP contribution in [0.2, 0.25) is 0 Å². The molecule has 2 saturated heterocycles. The number of piperidine rings is 2. The number of methoxy groups -OCH3 is 1. The summed E-state index contributed by atoms with van der Waals surface area (Å²) in [6.45, 7) is 5.63. The van der Waals surface area contributed by atoms with Gasteiger partial charge in [0.1, 0.15) is 18.1 Å². The van der Waals surface area contributed by atoms with Crippen molar-refractivity contribution in [3.05, 3.63) is 155 Å². The predicted octanol–water partition coefficient (Wildman–Crippen LogP) is 8.12. The number of para-hydroxylation sites is 2. The number of likely N-dealkylation sites (tertiary alicyclic amines) is 2. The van der Waals surface area contributed by atoms with Crippen LogP contribution in [0.3, 0.4) is 0 Å². The lowest BCUT2D eigenvalue weighted by atomic mass is 9.74. The highest BCUT2D eigenvalue weighted by Gasteiger charge is 2.41. The third-order valence-corrected chi connectivity index (χ3v) is 16.7. The number of urea groups is 2. The molecule has 10 rings (SSSR count). The van der Waals surface area contributed by atoms with E-state index in [2.05, 4.69) is 98.0 Å². The largest absolute Gasteiger partial charge is 0.467 e. The minimum atomic E-state index is -0.883. The smallest absolute Gasteiger partial charge is 0.328 e. The number of allylic oxidation sites excluding steroid dienone is 2. The summed E-state index contributed by atoms with van der Waals surface area (Å²) in [5.74, 6) is -1.09. The molecule has 2 aromatic heterocycles. The Hall–Kier alpha value is -7.69. The lowest BCUT2D eigenvalue weighted by Gasteiger charge is -2.39. The number of esters is 1. The SMILES string of the molecule is COC(=O)C(CCCCN)NC(=O)[C@@H](Cc1c[nH]c2ccccc12)NC(=O)N1CCC2(C=Cc3ccccc32)CC1.C[C@H](CCCCN)NC(=O)[C@@H](Cc1c[nH]c2ccccc12)NC(=O)N1CCC2(C=Cc3ccccc32)CC1. The molecule has 6 aromatic rings. The molecule has 2 spiro atoms. The standard InChI is InChI=1S/C32H39N5O4.C31H39N5O2/c1-41-30(39)27(12-6-7-17-33)35-29(38)28(20-23-21-34-26-11-5-3-9-24(23)26)36-31(40)37-18-15-32(16-19-37)14-13-22-8-2-4-10-25(22)32;1-22(8-6-7-17-32)34-29(37)28(20-24-21-33-27-12-5-3-10-25(24)27)35-30(38)36-18-15-31(16-19-36)14-13-23-9-2-4-11-26(23)31/h2-5,8-11,13-14,21,27-28,34H,6-7,12,15-20,33H2,1H3,(H,35,38)(H,36,40);2-5,9-14,21-22,28,33H,6-8,15-20,32H2,1H3,(H,34,37)(H,35,38)/t27?,28-;22-,28-/m11/s1. The van der Waals surface area contributed by atoms with Gasteiger partial charge in [-0.1, -0.05) is 116 Å². The van der Waals surface area contributed by atoms with Gasteiger partial charge in [-0.15, -0.1) is 0 Å². The number of aromatic amines is 2. The van der Waals surface area contributed by atoms with Gasteiger partial charge in [0.05, 0.1) is 7.11 Å². The van der Waals surface area contributed by atoms with Crippen LogP contribution in [-0.4, -0.2) is 120 Å². The second-order valence-corrected chi connectivity index (χ2v) is 21.8. The number of nitrogens with one attached hydrogen (secondary N) is 6. The lowest BCUT2D eigenvalue weighted by Crippen LogP contribution is -2.56. The van der Waals surface area contributed by atoms with E-state index in [9.17, 15) is 24.0 Å². The lowest BCUT2D eigenvalue weighted by molar-refractivity contribution is -0.145. The first-order valence-corrected chi connectivity index (χ1v) is 28.3. The predicted molar refractivity (Wildman–Crippen MR) is 312 cm³/mol. The maximum Gasteiger partial charge on any atom is 0.328 e. The minimum absolute atomic E-state index is 0.00709. The molecule has 4 heterocycles. The minimum Gasteiger partial charge on any atom is -0.467 e. The van der Waals surface area contributed by atoms with E-state index in [1.807, 2.05) is 78.8 Å². The van der Waals surface area contributed by atoms with Gasteiger partial charge in [0.2, 0.25) is 11.8 Å². The maximum atomic E-state index is 13.6. The fraction of sp³-hybridized carbons (Fsp3) is 0.413. The molecule has 79 heavy (non-hydrogen) atoms. The highest BCUT2D eigenvalue weighted by Crippen LogP contribution is 2.45. The Bertz CT molecular complexity index is 3140. The van der Waals surface area contributed by atoms with Gasteiger partial charge >= 0.3 is 18.0 Å². The molecule has 4 aliphatic rings. The monoisotopic (exact) mass is 1070 g/mol. The first-order valence-electron chi connectivity index (χ1n) is 28.3. The molecule has 6 amide bonds. The summed E-state index contributed by atoms with van der Waals surface area (Å²) in [5, 5.41) is 14.1. The van der Waals surface area contributed by atoms with Gasteiger partial charge in [-0.05, 0) is 123 Å². The number of nitrogens with zero attached hydrogens (tertiary/aromatic N) is 2. The zero-order valence-corrected chi connectivity index (χ0v) is 45.7. The van der Waals surface area contributed by atoms with Crippen molar-refractivity contribution in [1.29, 1.82) is 0 Å². The number of aromatic nitrogens is 2. The first kappa shape index (κ1) is 56.0. The zero-order valence-electron chi connectivity index (χ0n) is 45.7.